The number of nitrogens with zero attached hydrogens (tertiary/aromatic N) is 3. The Balaban J connectivity index is 1.88. The zero-order valence-electron chi connectivity index (χ0n) is 13.4. The van der Waals surface area contributed by atoms with Gasteiger partial charge in [0, 0.05) is 31.4 Å². The van der Waals surface area contributed by atoms with Gasteiger partial charge in [-0.2, -0.15) is 4.31 Å². The van der Waals surface area contributed by atoms with Gasteiger partial charge in [-0.3, -0.25) is 0 Å². The number of aromatic nitrogens is 2. The summed E-state index contributed by atoms with van der Waals surface area (Å²) in [6, 6.07) is 8.51. The summed E-state index contributed by atoms with van der Waals surface area (Å²) in [5.41, 5.74) is 0. The predicted molar refractivity (Wildman–Crippen MR) is 90.8 cm³/mol. The standard InChI is InChI=1S/C17H21N3O3S/c1-2-10-23-14-15-11-19-9-8-18-17(19)13-20(12-15)24(21,22)16-6-4-3-5-7-16/h2-9,15H,1,10-14H2/t15-/m1/s1. The van der Waals surface area contributed by atoms with Gasteiger partial charge in [0.2, 0.25) is 10.0 Å². The van der Waals surface area contributed by atoms with Gasteiger partial charge in [0.25, 0.3) is 0 Å². The van der Waals surface area contributed by atoms with Gasteiger partial charge in [-0.15, -0.1) is 6.58 Å². The third-order valence-electron chi connectivity index (χ3n) is 4.01. The maximum atomic E-state index is 13.0. The smallest absolute Gasteiger partial charge is 0.243 e. The summed E-state index contributed by atoms with van der Waals surface area (Å²) in [6.07, 6.45) is 5.28. The molecule has 1 aliphatic rings. The van der Waals surface area contributed by atoms with E-state index >= 15 is 0 Å². The molecule has 2 aromatic rings. The van der Waals surface area contributed by atoms with Gasteiger partial charge in [0.1, 0.15) is 5.82 Å². The number of rotatable bonds is 6. The van der Waals surface area contributed by atoms with E-state index in [9.17, 15) is 8.42 Å². The van der Waals surface area contributed by atoms with Crippen molar-refractivity contribution in [3.05, 3.63) is 61.2 Å². The number of fused-ring (bicyclic) bond motifs is 1. The van der Waals surface area contributed by atoms with E-state index in [2.05, 4.69) is 11.6 Å². The highest BCUT2D eigenvalue weighted by Gasteiger charge is 2.31. The average molecular weight is 347 g/mol. The Morgan fingerprint density at radius 2 is 2.08 bits per heavy atom. The Kier molecular flexibility index (Phi) is 5.13. The van der Waals surface area contributed by atoms with Crippen LogP contribution in [0, 0.1) is 5.92 Å². The first-order valence-corrected chi connectivity index (χ1v) is 9.29. The van der Waals surface area contributed by atoms with Gasteiger partial charge in [-0.25, -0.2) is 13.4 Å². The van der Waals surface area contributed by atoms with E-state index in [0.717, 1.165) is 5.82 Å². The topological polar surface area (TPSA) is 64.4 Å². The van der Waals surface area contributed by atoms with Gasteiger partial charge in [0.15, 0.2) is 0 Å². The molecule has 0 saturated heterocycles. The summed E-state index contributed by atoms with van der Waals surface area (Å²) < 4.78 is 35.0. The van der Waals surface area contributed by atoms with Gasteiger partial charge in [-0.1, -0.05) is 24.3 Å². The number of hydrogen-bond acceptors (Lipinski definition) is 4. The molecule has 0 saturated carbocycles. The number of hydrogen-bond donors (Lipinski definition) is 0. The van der Waals surface area contributed by atoms with Crippen LogP contribution in [0.2, 0.25) is 0 Å². The van der Waals surface area contributed by atoms with E-state index in [4.69, 9.17) is 4.74 Å². The first kappa shape index (κ1) is 16.9. The lowest BCUT2D eigenvalue weighted by molar-refractivity contribution is 0.109. The fraction of sp³-hybridized carbons (Fsp3) is 0.353. The van der Waals surface area contributed by atoms with Gasteiger partial charge in [0.05, 0.1) is 24.7 Å². The van der Waals surface area contributed by atoms with Gasteiger partial charge < -0.3 is 9.30 Å². The van der Waals surface area contributed by atoms with E-state index in [1.807, 2.05) is 10.8 Å². The Hall–Kier alpha value is -1.96. The van der Waals surface area contributed by atoms with Crippen molar-refractivity contribution >= 4 is 10.0 Å². The monoisotopic (exact) mass is 347 g/mol. The Morgan fingerprint density at radius 1 is 1.29 bits per heavy atom. The molecule has 0 N–H and O–H groups in total. The molecule has 0 amide bonds. The SMILES string of the molecule is C=CCOC[C@H]1CN(S(=O)(=O)c2ccccc2)Cc2nccn2C1. The van der Waals surface area contributed by atoms with E-state index < -0.39 is 10.0 Å². The molecule has 0 spiro atoms. The van der Waals surface area contributed by atoms with Crippen molar-refractivity contribution in [1.29, 1.82) is 0 Å². The molecule has 0 bridgehead atoms. The molecule has 1 aromatic carbocycles. The molecule has 3 rings (SSSR count). The Labute approximate surface area is 142 Å². The number of benzene rings is 1. The number of ether oxygens (including phenoxy) is 1. The summed E-state index contributed by atoms with van der Waals surface area (Å²) >= 11 is 0. The third kappa shape index (κ3) is 3.58. The lowest BCUT2D eigenvalue weighted by Crippen LogP contribution is -2.35. The molecule has 1 aliphatic heterocycles. The molecule has 1 aromatic heterocycles. The van der Waals surface area contributed by atoms with Crippen LogP contribution in [0.15, 0.2) is 60.3 Å². The average Bonchev–Trinajstić information content (AvgIpc) is 2.94. The van der Waals surface area contributed by atoms with Crippen LogP contribution >= 0.6 is 0 Å². The van der Waals surface area contributed by atoms with Crippen LogP contribution < -0.4 is 0 Å². The van der Waals surface area contributed by atoms with Crippen LogP contribution in [0.3, 0.4) is 0 Å². The lowest BCUT2D eigenvalue weighted by atomic mass is 10.1. The van der Waals surface area contributed by atoms with Crippen molar-refractivity contribution in [2.75, 3.05) is 19.8 Å². The van der Waals surface area contributed by atoms with Crippen molar-refractivity contribution in [1.82, 2.24) is 13.9 Å². The van der Waals surface area contributed by atoms with Crippen LogP contribution in [0.25, 0.3) is 0 Å². The molecule has 0 radical (unpaired) electrons. The molecule has 7 heteroatoms. The quantitative estimate of drug-likeness (QED) is 0.591. The zero-order valence-corrected chi connectivity index (χ0v) is 14.2. The minimum atomic E-state index is -3.57. The first-order valence-electron chi connectivity index (χ1n) is 7.85. The summed E-state index contributed by atoms with van der Waals surface area (Å²) in [5.74, 6) is 0.805. The normalized spacial score (nSPS) is 18.8. The summed E-state index contributed by atoms with van der Waals surface area (Å²) in [4.78, 5) is 4.61. The van der Waals surface area contributed by atoms with Crippen molar-refractivity contribution in [2.45, 2.75) is 18.0 Å². The zero-order chi connectivity index (χ0) is 17.0. The van der Waals surface area contributed by atoms with Gasteiger partial charge >= 0.3 is 0 Å². The predicted octanol–water partition coefficient (Wildman–Crippen LogP) is 1.91. The molecule has 2 heterocycles. The molecule has 24 heavy (non-hydrogen) atoms. The van der Waals surface area contributed by atoms with Crippen LogP contribution in [-0.4, -0.2) is 42.0 Å². The summed E-state index contributed by atoms with van der Waals surface area (Å²) in [6.45, 7) is 5.92. The fourth-order valence-corrected chi connectivity index (χ4v) is 4.34. The van der Waals surface area contributed by atoms with E-state index in [-0.39, 0.29) is 12.5 Å². The van der Waals surface area contributed by atoms with E-state index in [1.165, 1.54) is 4.31 Å². The van der Waals surface area contributed by atoms with E-state index in [1.54, 1.807) is 42.6 Å². The lowest BCUT2D eigenvalue weighted by Gasteiger charge is -2.23. The molecule has 0 unspecified atom stereocenters. The third-order valence-corrected chi connectivity index (χ3v) is 5.83. The highest BCUT2D eigenvalue weighted by Crippen LogP contribution is 2.23. The largest absolute Gasteiger partial charge is 0.377 e. The minimum absolute atomic E-state index is 0.0545. The first-order chi connectivity index (χ1) is 11.6. The number of sulfonamides is 1. The van der Waals surface area contributed by atoms with Crippen LogP contribution in [0.1, 0.15) is 5.82 Å². The number of imidazole rings is 1. The van der Waals surface area contributed by atoms with Crippen LogP contribution in [-0.2, 0) is 27.8 Å². The van der Waals surface area contributed by atoms with E-state index in [0.29, 0.717) is 31.2 Å². The van der Waals surface area contributed by atoms with Gasteiger partial charge in [-0.05, 0) is 12.1 Å². The molecule has 0 fully saturated rings. The minimum Gasteiger partial charge on any atom is -0.377 e. The highest BCUT2D eigenvalue weighted by atomic mass is 32.2. The van der Waals surface area contributed by atoms with Crippen molar-refractivity contribution in [3.63, 3.8) is 0 Å². The van der Waals surface area contributed by atoms with Crippen LogP contribution in [0.5, 0.6) is 0 Å². The maximum absolute atomic E-state index is 13.0. The fourth-order valence-electron chi connectivity index (χ4n) is 2.85. The Bertz CT molecular complexity index is 786. The Morgan fingerprint density at radius 3 is 2.83 bits per heavy atom. The maximum Gasteiger partial charge on any atom is 0.243 e. The highest BCUT2D eigenvalue weighted by molar-refractivity contribution is 7.89. The van der Waals surface area contributed by atoms with Crippen LogP contribution in [0.4, 0.5) is 0 Å². The second-order valence-corrected chi connectivity index (χ2v) is 7.74. The molecule has 6 nitrogen and oxygen atoms in total. The summed E-state index contributed by atoms with van der Waals surface area (Å²) in [7, 11) is -3.57. The molecule has 0 aliphatic carbocycles. The molecule has 128 valence electrons. The second-order valence-electron chi connectivity index (χ2n) is 5.80. The summed E-state index contributed by atoms with van der Waals surface area (Å²) in [5, 5.41) is 0. The van der Waals surface area contributed by atoms with Crippen molar-refractivity contribution in [3.8, 4) is 0 Å². The molecular weight excluding hydrogens is 326 g/mol. The van der Waals surface area contributed by atoms with Crippen molar-refractivity contribution in [2.24, 2.45) is 5.92 Å². The molecular formula is C17H21N3O3S. The second kappa shape index (κ2) is 7.29. The molecule has 1 atom stereocenters. The van der Waals surface area contributed by atoms with Crippen molar-refractivity contribution < 1.29 is 13.2 Å².